The van der Waals surface area contributed by atoms with Crippen molar-refractivity contribution in [3.63, 3.8) is 0 Å². The summed E-state index contributed by atoms with van der Waals surface area (Å²) in [5.74, 6) is 3.24. The van der Waals surface area contributed by atoms with E-state index in [1.54, 1.807) is 12.1 Å². The van der Waals surface area contributed by atoms with E-state index in [1.807, 2.05) is 24.1 Å². The van der Waals surface area contributed by atoms with E-state index in [-0.39, 0.29) is 5.63 Å². The van der Waals surface area contributed by atoms with Gasteiger partial charge in [-0.1, -0.05) is 5.92 Å². The van der Waals surface area contributed by atoms with Gasteiger partial charge in [0.25, 0.3) is 0 Å². The van der Waals surface area contributed by atoms with Gasteiger partial charge in [-0.05, 0) is 25.2 Å². The Hall–Kier alpha value is -2.25. The molecule has 19 heavy (non-hydrogen) atoms. The summed E-state index contributed by atoms with van der Waals surface area (Å²) < 4.78 is 10.7. The molecule has 1 aromatic heterocycles. The van der Waals surface area contributed by atoms with Crippen molar-refractivity contribution >= 4 is 11.0 Å². The standard InChI is InChI=1S/C15H15NO3/c1-3-8-16(2)9-10-18-13-6-4-12-5-7-15(17)19-14(12)11-13/h1,4-7,11H,8-10H2,2H3. The first kappa shape index (κ1) is 13.2. The molecule has 0 radical (unpaired) electrons. The quantitative estimate of drug-likeness (QED) is 0.604. The number of fused-ring (bicyclic) bond motifs is 1. The molecule has 0 atom stereocenters. The van der Waals surface area contributed by atoms with E-state index in [1.165, 1.54) is 6.07 Å². The monoisotopic (exact) mass is 257 g/mol. The first-order chi connectivity index (χ1) is 9.19. The Balaban J connectivity index is 2.01. The molecule has 0 aliphatic rings. The highest BCUT2D eigenvalue weighted by atomic mass is 16.5. The van der Waals surface area contributed by atoms with Crippen molar-refractivity contribution in [2.45, 2.75) is 0 Å². The fourth-order valence-electron chi connectivity index (χ4n) is 1.68. The number of hydrogen-bond acceptors (Lipinski definition) is 4. The SMILES string of the molecule is C#CCN(C)CCOc1ccc2ccc(=O)oc2c1. The lowest BCUT2D eigenvalue weighted by Crippen LogP contribution is -2.24. The molecule has 0 N–H and O–H groups in total. The van der Waals surface area contributed by atoms with Crippen molar-refractivity contribution in [2.24, 2.45) is 0 Å². The van der Waals surface area contributed by atoms with Crippen molar-refractivity contribution in [3.8, 4) is 18.1 Å². The van der Waals surface area contributed by atoms with Gasteiger partial charge in [-0.25, -0.2) is 4.79 Å². The zero-order valence-corrected chi connectivity index (χ0v) is 10.8. The smallest absolute Gasteiger partial charge is 0.336 e. The Morgan fingerprint density at radius 3 is 2.95 bits per heavy atom. The van der Waals surface area contributed by atoms with Crippen LogP contribution in [0.3, 0.4) is 0 Å². The van der Waals surface area contributed by atoms with E-state index in [4.69, 9.17) is 15.6 Å². The van der Waals surface area contributed by atoms with Crippen LogP contribution in [0.15, 0.2) is 39.5 Å². The van der Waals surface area contributed by atoms with Crippen molar-refractivity contribution in [1.82, 2.24) is 4.90 Å². The summed E-state index contributed by atoms with van der Waals surface area (Å²) in [4.78, 5) is 13.1. The van der Waals surface area contributed by atoms with Gasteiger partial charge < -0.3 is 9.15 Å². The maximum atomic E-state index is 11.1. The second kappa shape index (κ2) is 6.07. The average molecular weight is 257 g/mol. The summed E-state index contributed by atoms with van der Waals surface area (Å²) in [7, 11) is 1.93. The minimum Gasteiger partial charge on any atom is -0.492 e. The Bertz CT molecular complexity index is 654. The number of benzene rings is 1. The molecule has 0 unspecified atom stereocenters. The number of hydrogen-bond donors (Lipinski definition) is 0. The first-order valence-corrected chi connectivity index (χ1v) is 5.98. The molecular formula is C15H15NO3. The predicted molar refractivity (Wildman–Crippen MR) is 74.3 cm³/mol. The van der Waals surface area contributed by atoms with Crippen LogP contribution < -0.4 is 10.4 Å². The molecule has 1 aromatic carbocycles. The van der Waals surface area contributed by atoms with Crippen molar-refractivity contribution in [1.29, 1.82) is 0 Å². The summed E-state index contributed by atoms with van der Waals surface area (Å²) in [6.07, 6.45) is 5.21. The minimum absolute atomic E-state index is 0.363. The lowest BCUT2D eigenvalue weighted by Gasteiger charge is -2.13. The lowest BCUT2D eigenvalue weighted by atomic mass is 10.2. The summed E-state index contributed by atoms with van der Waals surface area (Å²) in [6, 6.07) is 8.56. The highest BCUT2D eigenvalue weighted by Gasteiger charge is 2.01. The molecule has 0 amide bonds. The van der Waals surface area contributed by atoms with Gasteiger partial charge in [0, 0.05) is 24.1 Å². The number of terminal acetylenes is 1. The molecule has 0 saturated carbocycles. The van der Waals surface area contributed by atoms with E-state index in [2.05, 4.69) is 5.92 Å². The topological polar surface area (TPSA) is 42.7 Å². The highest BCUT2D eigenvalue weighted by Crippen LogP contribution is 2.19. The molecule has 4 heteroatoms. The molecule has 0 spiro atoms. The minimum atomic E-state index is -0.363. The molecule has 2 aromatic rings. The van der Waals surface area contributed by atoms with E-state index >= 15 is 0 Å². The van der Waals surface area contributed by atoms with Gasteiger partial charge in [0.15, 0.2) is 0 Å². The maximum absolute atomic E-state index is 11.1. The third kappa shape index (κ3) is 3.60. The number of rotatable bonds is 5. The van der Waals surface area contributed by atoms with Gasteiger partial charge in [0.1, 0.15) is 17.9 Å². The summed E-state index contributed by atoms with van der Waals surface area (Å²) in [5, 5.41) is 0.872. The molecule has 0 aliphatic carbocycles. The highest BCUT2D eigenvalue weighted by molar-refractivity contribution is 5.77. The average Bonchev–Trinajstić information content (AvgIpc) is 2.38. The van der Waals surface area contributed by atoms with E-state index in [0.29, 0.717) is 24.5 Å². The van der Waals surface area contributed by atoms with E-state index < -0.39 is 0 Å². The van der Waals surface area contributed by atoms with Crippen LogP contribution in [0.2, 0.25) is 0 Å². The fourth-order valence-corrected chi connectivity index (χ4v) is 1.68. The van der Waals surface area contributed by atoms with Crippen LogP contribution >= 0.6 is 0 Å². The van der Waals surface area contributed by atoms with Crippen LogP contribution in [0.25, 0.3) is 11.0 Å². The second-order valence-corrected chi connectivity index (χ2v) is 4.24. The van der Waals surface area contributed by atoms with Gasteiger partial charge in [-0.3, -0.25) is 4.90 Å². The third-order valence-electron chi connectivity index (χ3n) is 2.70. The largest absolute Gasteiger partial charge is 0.492 e. The molecule has 1 heterocycles. The Morgan fingerprint density at radius 1 is 1.37 bits per heavy atom. The first-order valence-electron chi connectivity index (χ1n) is 5.98. The second-order valence-electron chi connectivity index (χ2n) is 4.24. The molecule has 0 fully saturated rings. The van der Waals surface area contributed by atoms with Crippen LogP contribution in [0.1, 0.15) is 0 Å². The summed E-state index contributed by atoms with van der Waals surface area (Å²) >= 11 is 0. The van der Waals surface area contributed by atoms with Crippen molar-refractivity contribution < 1.29 is 9.15 Å². The Kier molecular flexibility index (Phi) is 4.22. The molecule has 2 rings (SSSR count). The third-order valence-corrected chi connectivity index (χ3v) is 2.70. The number of likely N-dealkylation sites (N-methyl/N-ethyl adjacent to an activating group) is 1. The van der Waals surface area contributed by atoms with Gasteiger partial charge in [0.05, 0.1) is 6.54 Å². The number of ether oxygens (including phenoxy) is 1. The zero-order valence-electron chi connectivity index (χ0n) is 10.8. The number of nitrogens with zero attached hydrogens (tertiary/aromatic N) is 1. The van der Waals surface area contributed by atoms with Gasteiger partial charge in [-0.2, -0.15) is 0 Å². The van der Waals surface area contributed by atoms with Crippen LogP contribution in [0.4, 0.5) is 0 Å². The van der Waals surface area contributed by atoms with E-state index in [0.717, 1.165) is 11.9 Å². The maximum Gasteiger partial charge on any atom is 0.336 e. The normalized spacial score (nSPS) is 10.6. The molecule has 0 bridgehead atoms. The van der Waals surface area contributed by atoms with Crippen LogP contribution in [-0.2, 0) is 0 Å². The molecule has 4 nitrogen and oxygen atoms in total. The molecule has 0 aliphatic heterocycles. The summed E-state index contributed by atoms with van der Waals surface area (Å²) in [6.45, 7) is 1.86. The predicted octanol–water partition coefficient (Wildman–Crippen LogP) is 1.74. The molecule has 0 saturated heterocycles. The van der Waals surface area contributed by atoms with Crippen LogP contribution in [0.5, 0.6) is 5.75 Å². The zero-order chi connectivity index (χ0) is 13.7. The van der Waals surface area contributed by atoms with Crippen LogP contribution in [0, 0.1) is 12.3 Å². The Labute approximate surface area is 111 Å². The summed E-state index contributed by atoms with van der Waals surface area (Å²) in [5.41, 5.74) is 0.167. The van der Waals surface area contributed by atoms with Gasteiger partial charge >= 0.3 is 5.63 Å². The molecule has 98 valence electrons. The molecular weight excluding hydrogens is 242 g/mol. The van der Waals surface area contributed by atoms with Crippen molar-refractivity contribution in [2.75, 3.05) is 26.7 Å². The Morgan fingerprint density at radius 2 is 2.16 bits per heavy atom. The van der Waals surface area contributed by atoms with Crippen LogP contribution in [-0.4, -0.2) is 31.6 Å². The van der Waals surface area contributed by atoms with Gasteiger partial charge in [-0.15, -0.1) is 6.42 Å². The van der Waals surface area contributed by atoms with E-state index in [9.17, 15) is 4.79 Å². The lowest BCUT2D eigenvalue weighted by molar-refractivity contribution is 0.251. The van der Waals surface area contributed by atoms with Crippen molar-refractivity contribution in [3.05, 3.63) is 40.8 Å². The van der Waals surface area contributed by atoms with Gasteiger partial charge in [0.2, 0.25) is 0 Å². The fraction of sp³-hybridized carbons (Fsp3) is 0.267.